The van der Waals surface area contributed by atoms with Gasteiger partial charge in [0.25, 0.3) is 0 Å². The molecule has 118 valence electrons. The zero-order valence-corrected chi connectivity index (χ0v) is 13.4. The maximum Gasteiger partial charge on any atom is 0.0948 e. The van der Waals surface area contributed by atoms with E-state index in [9.17, 15) is 0 Å². The molecule has 1 saturated carbocycles. The molecule has 1 fully saturated rings. The van der Waals surface area contributed by atoms with Gasteiger partial charge in [0.1, 0.15) is 0 Å². The van der Waals surface area contributed by atoms with Crippen molar-refractivity contribution in [3.05, 3.63) is 43.0 Å². The van der Waals surface area contributed by atoms with Crippen LogP contribution in [0, 0.1) is 11.8 Å². The molecule has 2 aromatic heterocycles. The van der Waals surface area contributed by atoms with Crippen molar-refractivity contribution in [2.45, 2.75) is 57.9 Å². The Morgan fingerprint density at radius 2 is 2.09 bits per heavy atom. The molecule has 0 radical (unpaired) electrons. The van der Waals surface area contributed by atoms with Gasteiger partial charge in [0.2, 0.25) is 0 Å². The minimum atomic E-state index is 0.600. The minimum Gasteiger partial charge on any atom is -0.334 e. The van der Waals surface area contributed by atoms with E-state index in [1.165, 1.54) is 38.5 Å². The summed E-state index contributed by atoms with van der Waals surface area (Å²) in [5, 5.41) is 0. The van der Waals surface area contributed by atoms with Gasteiger partial charge in [-0.3, -0.25) is 9.97 Å². The normalized spacial score (nSPS) is 23.3. The van der Waals surface area contributed by atoms with Gasteiger partial charge in [0.05, 0.1) is 12.0 Å². The number of nitrogens with zero attached hydrogens (tertiary/aromatic N) is 4. The van der Waals surface area contributed by atoms with E-state index in [0.29, 0.717) is 6.04 Å². The maximum absolute atomic E-state index is 4.44. The molecule has 4 heteroatoms. The summed E-state index contributed by atoms with van der Waals surface area (Å²) in [5.74, 6) is 1.61. The van der Waals surface area contributed by atoms with Gasteiger partial charge in [0.15, 0.2) is 0 Å². The summed E-state index contributed by atoms with van der Waals surface area (Å²) in [7, 11) is 0. The molecular weight excluding hydrogens is 272 g/mol. The SMILES string of the molecule is CCC(CC1CCCC(Cc2cnccn2)C1)n1ccnc1. The molecule has 0 spiro atoms. The Balaban J connectivity index is 1.56. The molecule has 0 N–H and O–H groups in total. The second-order valence-electron chi connectivity index (χ2n) is 6.61. The van der Waals surface area contributed by atoms with Gasteiger partial charge in [-0.05, 0) is 37.5 Å². The molecule has 0 aliphatic heterocycles. The predicted molar refractivity (Wildman–Crippen MR) is 87.4 cm³/mol. The van der Waals surface area contributed by atoms with E-state index in [1.54, 1.807) is 6.20 Å². The molecule has 4 nitrogen and oxygen atoms in total. The first-order valence-corrected chi connectivity index (χ1v) is 8.57. The van der Waals surface area contributed by atoms with Crippen molar-refractivity contribution in [3.8, 4) is 0 Å². The van der Waals surface area contributed by atoms with Crippen LogP contribution in [-0.2, 0) is 6.42 Å². The van der Waals surface area contributed by atoms with Gasteiger partial charge in [-0.1, -0.05) is 26.2 Å². The maximum atomic E-state index is 4.44. The van der Waals surface area contributed by atoms with E-state index in [4.69, 9.17) is 0 Å². The molecule has 0 aromatic carbocycles. The van der Waals surface area contributed by atoms with Gasteiger partial charge >= 0.3 is 0 Å². The Hall–Kier alpha value is -1.71. The van der Waals surface area contributed by atoms with Gasteiger partial charge in [-0.15, -0.1) is 0 Å². The molecule has 0 saturated heterocycles. The Labute approximate surface area is 133 Å². The highest BCUT2D eigenvalue weighted by Gasteiger charge is 2.25. The van der Waals surface area contributed by atoms with Crippen LogP contribution in [0.25, 0.3) is 0 Å². The molecule has 2 heterocycles. The van der Waals surface area contributed by atoms with Crippen molar-refractivity contribution in [1.82, 2.24) is 19.5 Å². The van der Waals surface area contributed by atoms with Crippen molar-refractivity contribution in [3.63, 3.8) is 0 Å². The van der Waals surface area contributed by atoms with Crippen molar-refractivity contribution in [2.24, 2.45) is 11.8 Å². The summed E-state index contributed by atoms with van der Waals surface area (Å²) in [6, 6.07) is 0.600. The third kappa shape index (κ3) is 3.93. The number of imidazole rings is 1. The summed E-state index contributed by atoms with van der Waals surface area (Å²) >= 11 is 0. The topological polar surface area (TPSA) is 43.6 Å². The van der Waals surface area contributed by atoms with Crippen LogP contribution in [0.4, 0.5) is 0 Å². The van der Waals surface area contributed by atoms with E-state index in [2.05, 4.69) is 32.6 Å². The van der Waals surface area contributed by atoms with Gasteiger partial charge < -0.3 is 4.57 Å². The fourth-order valence-corrected chi connectivity index (χ4v) is 3.90. The first kappa shape index (κ1) is 15.2. The second kappa shape index (κ2) is 7.52. The largest absolute Gasteiger partial charge is 0.334 e. The molecular formula is C18H26N4. The standard InChI is InChI=1S/C18H26N4/c1-2-18(22-9-8-20-14-22)12-16-5-3-4-15(10-16)11-17-13-19-6-7-21-17/h6-9,13-16,18H,2-5,10-12H2,1H3. The van der Waals surface area contributed by atoms with E-state index in [1.807, 2.05) is 24.9 Å². The third-order valence-corrected chi connectivity index (χ3v) is 5.03. The first-order chi connectivity index (χ1) is 10.8. The molecule has 1 aliphatic carbocycles. The summed E-state index contributed by atoms with van der Waals surface area (Å²) in [4.78, 5) is 12.8. The lowest BCUT2D eigenvalue weighted by Gasteiger charge is -2.31. The van der Waals surface area contributed by atoms with Crippen LogP contribution in [0.5, 0.6) is 0 Å². The molecule has 3 unspecified atom stereocenters. The highest BCUT2D eigenvalue weighted by molar-refractivity contribution is 4.97. The molecule has 2 aromatic rings. The second-order valence-corrected chi connectivity index (χ2v) is 6.61. The number of aromatic nitrogens is 4. The van der Waals surface area contributed by atoms with Crippen LogP contribution in [-0.4, -0.2) is 19.5 Å². The minimum absolute atomic E-state index is 0.600. The van der Waals surface area contributed by atoms with Crippen LogP contribution in [0.2, 0.25) is 0 Å². The van der Waals surface area contributed by atoms with Crippen LogP contribution < -0.4 is 0 Å². The van der Waals surface area contributed by atoms with Crippen LogP contribution in [0.1, 0.15) is 57.2 Å². The van der Waals surface area contributed by atoms with Gasteiger partial charge in [-0.2, -0.15) is 0 Å². The fraction of sp³-hybridized carbons (Fsp3) is 0.611. The smallest absolute Gasteiger partial charge is 0.0948 e. The average molecular weight is 298 g/mol. The highest BCUT2D eigenvalue weighted by atomic mass is 15.0. The van der Waals surface area contributed by atoms with Gasteiger partial charge in [-0.25, -0.2) is 4.98 Å². The van der Waals surface area contributed by atoms with E-state index < -0.39 is 0 Å². The van der Waals surface area contributed by atoms with E-state index in [-0.39, 0.29) is 0 Å². The number of hydrogen-bond acceptors (Lipinski definition) is 3. The first-order valence-electron chi connectivity index (χ1n) is 8.57. The molecule has 3 atom stereocenters. The lowest BCUT2D eigenvalue weighted by atomic mass is 9.76. The van der Waals surface area contributed by atoms with Crippen molar-refractivity contribution < 1.29 is 0 Å². The Morgan fingerprint density at radius 3 is 2.82 bits per heavy atom. The van der Waals surface area contributed by atoms with Crippen LogP contribution in [0.15, 0.2) is 37.3 Å². The lowest BCUT2D eigenvalue weighted by molar-refractivity contribution is 0.223. The summed E-state index contributed by atoms with van der Waals surface area (Å²) < 4.78 is 2.28. The zero-order chi connectivity index (χ0) is 15.2. The summed E-state index contributed by atoms with van der Waals surface area (Å²) in [6.45, 7) is 2.28. The van der Waals surface area contributed by atoms with Gasteiger partial charge in [0, 0.05) is 37.0 Å². The molecule has 0 amide bonds. The van der Waals surface area contributed by atoms with E-state index >= 15 is 0 Å². The molecule has 3 rings (SSSR count). The van der Waals surface area contributed by atoms with Crippen molar-refractivity contribution in [1.29, 1.82) is 0 Å². The Bertz CT molecular complexity index is 537. The molecule has 1 aliphatic rings. The van der Waals surface area contributed by atoms with Crippen LogP contribution >= 0.6 is 0 Å². The quantitative estimate of drug-likeness (QED) is 0.807. The number of hydrogen-bond donors (Lipinski definition) is 0. The molecule has 22 heavy (non-hydrogen) atoms. The van der Waals surface area contributed by atoms with Crippen molar-refractivity contribution >= 4 is 0 Å². The fourth-order valence-electron chi connectivity index (χ4n) is 3.90. The third-order valence-electron chi connectivity index (χ3n) is 5.03. The lowest BCUT2D eigenvalue weighted by Crippen LogP contribution is -2.21. The number of rotatable bonds is 6. The van der Waals surface area contributed by atoms with Crippen molar-refractivity contribution in [2.75, 3.05) is 0 Å². The monoisotopic (exact) mass is 298 g/mol. The average Bonchev–Trinajstić information content (AvgIpc) is 3.08. The summed E-state index contributed by atoms with van der Waals surface area (Å²) in [6.07, 6.45) is 20.4. The zero-order valence-electron chi connectivity index (χ0n) is 13.4. The Kier molecular flexibility index (Phi) is 5.20. The van der Waals surface area contributed by atoms with Crippen LogP contribution in [0.3, 0.4) is 0 Å². The molecule has 0 bridgehead atoms. The highest BCUT2D eigenvalue weighted by Crippen LogP contribution is 2.36. The predicted octanol–water partition coefficient (Wildman–Crippen LogP) is 4.06. The summed E-state index contributed by atoms with van der Waals surface area (Å²) in [5.41, 5.74) is 1.15. The van der Waals surface area contributed by atoms with E-state index in [0.717, 1.165) is 24.0 Å². The Morgan fingerprint density at radius 1 is 1.18 bits per heavy atom.